The fourth-order valence-corrected chi connectivity index (χ4v) is 1.97. The van der Waals surface area contributed by atoms with Gasteiger partial charge in [-0.1, -0.05) is 18.2 Å². The first-order chi connectivity index (χ1) is 10.9. The van der Waals surface area contributed by atoms with Gasteiger partial charge in [0.25, 0.3) is 5.69 Å². The van der Waals surface area contributed by atoms with Crippen LogP contribution >= 0.6 is 0 Å². The highest BCUT2D eigenvalue weighted by molar-refractivity contribution is 5.99. The summed E-state index contributed by atoms with van der Waals surface area (Å²) >= 11 is 0. The van der Waals surface area contributed by atoms with Crippen molar-refractivity contribution >= 4 is 23.1 Å². The number of hydrogen-bond acceptors (Lipinski definition) is 5. The second kappa shape index (κ2) is 6.69. The maximum Gasteiger partial charge on any atom is 0.335 e. The van der Waals surface area contributed by atoms with Crippen LogP contribution < -0.4 is 5.43 Å². The van der Waals surface area contributed by atoms with Gasteiger partial charge in [0, 0.05) is 17.2 Å². The predicted molar refractivity (Wildman–Crippen MR) is 87.1 cm³/mol. The van der Waals surface area contributed by atoms with E-state index in [1.807, 2.05) is 0 Å². The first-order valence-electron chi connectivity index (χ1n) is 6.77. The minimum atomic E-state index is -1.02. The van der Waals surface area contributed by atoms with Crippen LogP contribution in [0.1, 0.15) is 28.4 Å². The molecule has 2 N–H and O–H groups in total. The second-order valence-corrected chi connectivity index (χ2v) is 4.95. The van der Waals surface area contributed by atoms with E-state index in [1.54, 1.807) is 38.1 Å². The Morgan fingerprint density at radius 3 is 2.61 bits per heavy atom. The lowest BCUT2D eigenvalue weighted by atomic mass is 10.1. The summed E-state index contributed by atoms with van der Waals surface area (Å²) < 4.78 is 0. The summed E-state index contributed by atoms with van der Waals surface area (Å²) in [4.78, 5) is 21.5. The van der Waals surface area contributed by atoms with Crippen LogP contribution in [0.25, 0.3) is 0 Å². The molecule has 118 valence electrons. The fraction of sp³-hybridized carbons (Fsp3) is 0.125. The van der Waals surface area contributed by atoms with E-state index in [0.717, 1.165) is 0 Å². The Morgan fingerprint density at radius 2 is 1.96 bits per heavy atom. The van der Waals surface area contributed by atoms with Gasteiger partial charge in [-0.05, 0) is 32.0 Å². The molecule has 0 aliphatic carbocycles. The molecule has 0 spiro atoms. The van der Waals surface area contributed by atoms with Gasteiger partial charge in [-0.25, -0.2) is 4.79 Å². The Kier molecular flexibility index (Phi) is 4.70. The van der Waals surface area contributed by atoms with E-state index in [2.05, 4.69) is 10.5 Å². The largest absolute Gasteiger partial charge is 0.478 e. The Balaban J connectivity index is 2.23. The van der Waals surface area contributed by atoms with Crippen LogP contribution in [-0.4, -0.2) is 21.7 Å². The molecule has 0 aliphatic heterocycles. The molecule has 0 saturated heterocycles. The summed E-state index contributed by atoms with van der Waals surface area (Å²) in [5.74, 6) is -1.02. The number of hydrazone groups is 1. The highest BCUT2D eigenvalue weighted by Crippen LogP contribution is 2.20. The number of hydrogen-bond donors (Lipinski definition) is 2. The molecule has 7 nitrogen and oxygen atoms in total. The fourth-order valence-electron chi connectivity index (χ4n) is 1.97. The van der Waals surface area contributed by atoms with Gasteiger partial charge >= 0.3 is 5.97 Å². The van der Waals surface area contributed by atoms with E-state index >= 15 is 0 Å². The average Bonchev–Trinajstić information content (AvgIpc) is 2.53. The molecule has 0 aliphatic rings. The van der Waals surface area contributed by atoms with Crippen LogP contribution in [0, 0.1) is 17.0 Å². The average molecular weight is 313 g/mol. The van der Waals surface area contributed by atoms with Crippen LogP contribution in [-0.2, 0) is 0 Å². The summed E-state index contributed by atoms with van der Waals surface area (Å²) in [5.41, 5.74) is 5.20. The number of aromatic carboxylic acids is 1. The zero-order valence-electron chi connectivity index (χ0n) is 12.6. The highest BCUT2D eigenvalue weighted by atomic mass is 16.6. The van der Waals surface area contributed by atoms with E-state index in [4.69, 9.17) is 5.11 Å². The minimum Gasteiger partial charge on any atom is -0.478 e. The Morgan fingerprint density at radius 1 is 1.22 bits per heavy atom. The molecule has 23 heavy (non-hydrogen) atoms. The number of aryl methyl sites for hydroxylation is 1. The summed E-state index contributed by atoms with van der Waals surface area (Å²) in [6, 6.07) is 11.1. The molecule has 0 fully saturated rings. The molecular weight excluding hydrogens is 298 g/mol. The Hall–Kier alpha value is -3.22. The monoisotopic (exact) mass is 313 g/mol. The quantitative estimate of drug-likeness (QED) is 0.500. The molecule has 7 heteroatoms. The number of nitrogens with one attached hydrogen (secondary N) is 1. The van der Waals surface area contributed by atoms with Crippen molar-refractivity contribution in [3.8, 4) is 0 Å². The summed E-state index contributed by atoms with van der Waals surface area (Å²) in [7, 11) is 0. The van der Waals surface area contributed by atoms with Crippen molar-refractivity contribution in [3.05, 3.63) is 69.3 Å². The standard InChI is InChI=1S/C16H15N3O4/c1-10-6-7-12(9-15(10)19(22)23)11(2)17-18-14-5-3-4-13(8-14)16(20)21/h3-9,18H,1-2H3,(H,20,21)/b17-11+. The molecule has 0 unspecified atom stereocenters. The van der Waals surface area contributed by atoms with Crippen LogP contribution in [0.4, 0.5) is 11.4 Å². The third-order valence-corrected chi connectivity index (χ3v) is 3.29. The molecule has 2 rings (SSSR count). The maximum atomic E-state index is 11.0. The van der Waals surface area contributed by atoms with Crippen LogP contribution in [0.2, 0.25) is 0 Å². The van der Waals surface area contributed by atoms with Crippen molar-refractivity contribution in [2.75, 3.05) is 5.43 Å². The first kappa shape index (κ1) is 16.2. The Bertz CT molecular complexity index is 800. The predicted octanol–water partition coefficient (Wildman–Crippen LogP) is 3.44. The molecule has 2 aromatic rings. The number of nitrogens with zero attached hydrogens (tertiary/aromatic N) is 2. The van der Waals surface area contributed by atoms with Crippen molar-refractivity contribution in [1.82, 2.24) is 0 Å². The smallest absolute Gasteiger partial charge is 0.335 e. The van der Waals surface area contributed by atoms with Crippen molar-refractivity contribution < 1.29 is 14.8 Å². The second-order valence-electron chi connectivity index (χ2n) is 4.95. The molecule has 0 atom stereocenters. The summed E-state index contributed by atoms with van der Waals surface area (Å²) in [5, 5.41) is 24.1. The normalized spacial score (nSPS) is 11.1. The molecule has 0 radical (unpaired) electrons. The molecule has 0 aromatic heterocycles. The molecule has 0 saturated carbocycles. The number of anilines is 1. The van der Waals surface area contributed by atoms with Gasteiger partial charge in [0.2, 0.25) is 0 Å². The highest BCUT2D eigenvalue weighted by Gasteiger charge is 2.12. The van der Waals surface area contributed by atoms with E-state index in [1.165, 1.54) is 18.2 Å². The first-order valence-corrected chi connectivity index (χ1v) is 6.77. The van der Waals surface area contributed by atoms with Gasteiger partial charge in [0.05, 0.1) is 21.9 Å². The zero-order chi connectivity index (χ0) is 17.0. The van der Waals surface area contributed by atoms with E-state index in [0.29, 0.717) is 22.5 Å². The lowest BCUT2D eigenvalue weighted by Gasteiger charge is -2.05. The third-order valence-electron chi connectivity index (χ3n) is 3.29. The van der Waals surface area contributed by atoms with Crippen molar-refractivity contribution in [1.29, 1.82) is 0 Å². The zero-order valence-corrected chi connectivity index (χ0v) is 12.6. The van der Waals surface area contributed by atoms with E-state index in [-0.39, 0.29) is 11.3 Å². The number of rotatable bonds is 5. The SMILES string of the molecule is C/C(=N\Nc1cccc(C(=O)O)c1)c1ccc(C)c([N+](=O)[O-])c1. The molecular formula is C16H15N3O4. The number of carbonyl (C=O) groups is 1. The van der Waals surface area contributed by atoms with Gasteiger partial charge in [-0.15, -0.1) is 0 Å². The van der Waals surface area contributed by atoms with Gasteiger partial charge in [-0.3, -0.25) is 15.5 Å². The summed E-state index contributed by atoms with van der Waals surface area (Å²) in [6.45, 7) is 3.38. The lowest BCUT2D eigenvalue weighted by Crippen LogP contribution is -2.02. The van der Waals surface area contributed by atoms with Crippen molar-refractivity contribution in [2.24, 2.45) is 5.10 Å². The number of nitro benzene ring substituents is 1. The van der Waals surface area contributed by atoms with Gasteiger partial charge in [0.1, 0.15) is 0 Å². The number of benzene rings is 2. The molecule has 0 bridgehead atoms. The number of carboxylic acids is 1. The minimum absolute atomic E-state index is 0.0323. The van der Waals surface area contributed by atoms with Crippen LogP contribution in [0.3, 0.4) is 0 Å². The summed E-state index contributed by atoms with van der Waals surface area (Å²) in [6.07, 6.45) is 0. The maximum absolute atomic E-state index is 11.0. The molecule has 0 heterocycles. The van der Waals surface area contributed by atoms with Crippen LogP contribution in [0.15, 0.2) is 47.6 Å². The number of nitro groups is 1. The van der Waals surface area contributed by atoms with E-state index in [9.17, 15) is 14.9 Å². The van der Waals surface area contributed by atoms with Crippen molar-refractivity contribution in [3.63, 3.8) is 0 Å². The van der Waals surface area contributed by atoms with Gasteiger partial charge < -0.3 is 5.11 Å². The topological polar surface area (TPSA) is 105 Å². The van der Waals surface area contributed by atoms with Gasteiger partial charge in [0.15, 0.2) is 0 Å². The van der Waals surface area contributed by atoms with Gasteiger partial charge in [-0.2, -0.15) is 5.10 Å². The Labute approximate surface area is 132 Å². The van der Waals surface area contributed by atoms with Crippen LogP contribution in [0.5, 0.6) is 0 Å². The molecule has 0 amide bonds. The third kappa shape index (κ3) is 3.91. The molecule has 2 aromatic carbocycles. The lowest BCUT2D eigenvalue weighted by molar-refractivity contribution is -0.385. The van der Waals surface area contributed by atoms with E-state index < -0.39 is 10.9 Å². The number of carboxylic acid groups (broad SMARTS) is 1. The van der Waals surface area contributed by atoms with Crippen molar-refractivity contribution in [2.45, 2.75) is 13.8 Å².